The number of hydrogen-bond donors (Lipinski definition) is 3. The summed E-state index contributed by atoms with van der Waals surface area (Å²) in [6, 6.07) is 14.4. The van der Waals surface area contributed by atoms with Crippen LogP contribution in [0, 0.1) is 12.7 Å². The maximum absolute atomic E-state index is 13.7. The van der Waals surface area contributed by atoms with Crippen molar-refractivity contribution < 1.29 is 14.0 Å². The Morgan fingerprint density at radius 2 is 1.61 bits per heavy atom. The summed E-state index contributed by atoms with van der Waals surface area (Å²) in [5.41, 5.74) is 2.10. The molecule has 8 heteroatoms. The molecular weight excluding hydrogens is 361 g/mol. The molecule has 0 saturated carbocycles. The molecule has 3 aromatic rings. The molecule has 0 aliphatic heterocycles. The summed E-state index contributed by atoms with van der Waals surface area (Å²) in [5, 5.41) is 8.18. The number of nitrogens with one attached hydrogen (secondary N) is 3. The lowest BCUT2D eigenvalue weighted by molar-refractivity contribution is -0.114. The first kappa shape index (κ1) is 19.0. The third-order valence-corrected chi connectivity index (χ3v) is 3.67. The van der Waals surface area contributed by atoms with E-state index < -0.39 is 11.7 Å². The van der Waals surface area contributed by atoms with Crippen LogP contribution in [-0.4, -0.2) is 21.8 Å². The highest BCUT2D eigenvalue weighted by atomic mass is 19.1. The zero-order valence-electron chi connectivity index (χ0n) is 15.3. The normalized spacial score (nSPS) is 10.2. The van der Waals surface area contributed by atoms with Crippen molar-refractivity contribution in [2.45, 2.75) is 13.8 Å². The Hall–Kier alpha value is -3.81. The molecule has 0 atom stereocenters. The predicted octanol–water partition coefficient (Wildman–Crippen LogP) is 3.88. The Morgan fingerprint density at radius 3 is 2.29 bits per heavy atom. The first-order valence-electron chi connectivity index (χ1n) is 8.47. The minimum Gasteiger partial charge on any atom is -0.326 e. The second-order valence-corrected chi connectivity index (χ2v) is 6.04. The van der Waals surface area contributed by atoms with Gasteiger partial charge in [-0.1, -0.05) is 12.1 Å². The van der Waals surface area contributed by atoms with E-state index in [0.29, 0.717) is 17.1 Å². The lowest BCUT2D eigenvalue weighted by Gasteiger charge is -2.10. The zero-order valence-corrected chi connectivity index (χ0v) is 15.3. The van der Waals surface area contributed by atoms with Crippen LogP contribution in [0.5, 0.6) is 0 Å². The standard InChI is InChI=1S/C20H18FN5O2/c1-12-11-18(19(28)25-17-6-4-3-5-16(17)21)26-20(22-12)24-15-9-7-14(8-10-15)23-13(2)27/h3-11H,1-2H3,(H,23,27)(H,25,28)(H,22,24,26). The van der Waals surface area contributed by atoms with E-state index in [-0.39, 0.29) is 23.2 Å². The van der Waals surface area contributed by atoms with E-state index in [0.717, 1.165) is 0 Å². The van der Waals surface area contributed by atoms with Gasteiger partial charge in [0.2, 0.25) is 11.9 Å². The minimum atomic E-state index is -0.542. The van der Waals surface area contributed by atoms with Gasteiger partial charge in [-0.05, 0) is 49.4 Å². The van der Waals surface area contributed by atoms with Crippen LogP contribution in [0.15, 0.2) is 54.6 Å². The van der Waals surface area contributed by atoms with Gasteiger partial charge in [0, 0.05) is 24.0 Å². The first-order valence-corrected chi connectivity index (χ1v) is 8.47. The van der Waals surface area contributed by atoms with Gasteiger partial charge in [0.25, 0.3) is 5.91 Å². The van der Waals surface area contributed by atoms with Gasteiger partial charge in [-0.25, -0.2) is 14.4 Å². The number of amides is 2. The number of nitrogens with zero attached hydrogens (tertiary/aromatic N) is 2. The molecule has 0 spiro atoms. The number of carbonyl (C=O) groups is 2. The summed E-state index contributed by atoms with van der Waals surface area (Å²) in [4.78, 5) is 32.0. The summed E-state index contributed by atoms with van der Waals surface area (Å²) >= 11 is 0. The third-order valence-electron chi connectivity index (χ3n) is 3.67. The van der Waals surface area contributed by atoms with Gasteiger partial charge >= 0.3 is 0 Å². The molecule has 0 fully saturated rings. The van der Waals surface area contributed by atoms with Gasteiger partial charge in [-0.3, -0.25) is 9.59 Å². The molecular formula is C20H18FN5O2. The van der Waals surface area contributed by atoms with Gasteiger partial charge in [0.05, 0.1) is 5.69 Å². The quantitative estimate of drug-likeness (QED) is 0.625. The smallest absolute Gasteiger partial charge is 0.274 e. The summed E-state index contributed by atoms with van der Waals surface area (Å²) < 4.78 is 13.7. The number of hydrogen-bond acceptors (Lipinski definition) is 5. The fraction of sp³-hybridized carbons (Fsp3) is 0.100. The topological polar surface area (TPSA) is 96.0 Å². The molecule has 0 aliphatic carbocycles. The van der Waals surface area contributed by atoms with Crippen molar-refractivity contribution in [2.75, 3.05) is 16.0 Å². The largest absolute Gasteiger partial charge is 0.326 e. The number of halogens is 1. The van der Waals surface area contributed by atoms with Gasteiger partial charge in [-0.2, -0.15) is 0 Å². The number of benzene rings is 2. The van der Waals surface area contributed by atoms with Gasteiger partial charge < -0.3 is 16.0 Å². The first-order chi connectivity index (χ1) is 13.4. The van der Waals surface area contributed by atoms with E-state index in [1.54, 1.807) is 43.3 Å². The van der Waals surface area contributed by atoms with Gasteiger partial charge in [-0.15, -0.1) is 0 Å². The van der Waals surface area contributed by atoms with E-state index in [2.05, 4.69) is 25.9 Å². The molecule has 0 unspecified atom stereocenters. The third kappa shape index (κ3) is 4.88. The average molecular weight is 379 g/mol. The monoisotopic (exact) mass is 379 g/mol. The van der Waals surface area contributed by atoms with Crippen LogP contribution in [-0.2, 0) is 4.79 Å². The maximum atomic E-state index is 13.7. The van der Waals surface area contributed by atoms with E-state index >= 15 is 0 Å². The number of anilines is 4. The Kier molecular flexibility index (Phi) is 5.59. The molecule has 1 heterocycles. The molecule has 28 heavy (non-hydrogen) atoms. The molecule has 2 aromatic carbocycles. The summed E-state index contributed by atoms with van der Waals surface area (Å²) in [6.07, 6.45) is 0. The predicted molar refractivity (Wildman–Crippen MR) is 105 cm³/mol. The Balaban J connectivity index is 1.76. The number of carbonyl (C=O) groups excluding carboxylic acids is 2. The Labute approximate surface area is 161 Å². The van der Waals surface area contributed by atoms with E-state index in [1.165, 1.54) is 25.1 Å². The van der Waals surface area contributed by atoms with Crippen molar-refractivity contribution in [3.63, 3.8) is 0 Å². The highest BCUT2D eigenvalue weighted by Gasteiger charge is 2.13. The molecule has 0 bridgehead atoms. The van der Waals surface area contributed by atoms with Crippen molar-refractivity contribution >= 4 is 34.8 Å². The van der Waals surface area contributed by atoms with Crippen molar-refractivity contribution in [1.29, 1.82) is 0 Å². The SMILES string of the molecule is CC(=O)Nc1ccc(Nc2nc(C)cc(C(=O)Nc3ccccc3F)n2)cc1. The van der Waals surface area contributed by atoms with Crippen LogP contribution in [0.25, 0.3) is 0 Å². The molecule has 7 nitrogen and oxygen atoms in total. The lowest BCUT2D eigenvalue weighted by atomic mass is 10.2. The average Bonchev–Trinajstić information content (AvgIpc) is 2.64. The molecule has 2 amide bonds. The van der Waals surface area contributed by atoms with Crippen molar-refractivity contribution in [1.82, 2.24) is 9.97 Å². The zero-order chi connectivity index (χ0) is 20.1. The summed E-state index contributed by atoms with van der Waals surface area (Å²) in [6.45, 7) is 3.16. The number of aryl methyl sites for hydroxylation is 1. The highest BCUT2D eigenvalue weighted by Crippen LogP contribution is 2.18. The highest BCUT2D eigenvalue weighted by molar-refractivity contribution is 6.03. The van der Waals surface area contributed by atoms with E-state index in [1.807, 2.05) is 0 Å². The van der Waals surface area contributed by atoms with Crippen molar-refractivity contribution in [2.24, 2.45) is 0 Å². The second kappa shape index (κ2) is 8.26. The van der Waals surface area contributed by atoms with Crippen LogP contribution in [0.1, 0.15) is 23.1 Å². The van der Waals surface area contributed by atoms with E-state index in [9.17, 15) is 14.0 Å². The van der Waals surface area contributed by atoms with Crippen LogP contribution in [0.2, 0.25) is 0 Å². The maximum Gasteiger partial charge on any atom is 0.274 e. The minimum absolute atomic E-state index is 0.0758. The molecule has 1 aromatic heterocycles. The second-order valence-electron chi connectivity index (χ2n) is 6.04. The van der Waals surface area contributed by atoms with Crippen LogP contribution in [0.4, 0.5) is 27.4 Å². The molecule has 142 valence electrons. The number of para-hydroxylation sites is 1. The van der Waals surface area contributed by atoms with Crippen molar-refractivity contribution in [3.8, 4) is 0 Å². The van der Waals surface area contributed by atoms with Gasteiger partial charge in [0.1, 0.15) is 11.5 Å². The van der Waals surface area contributed by atoms with Gasteiger partial charge in [0.15, 0.2) is 0 Å². The molecule has 3 rings (SSSR count). The van der Waals surface area contributed by atoms with Crippen LogP contribution >= 0.6 is 0 Å². The van der Waals surface area contributed by atoms with Crippen LogP contribution in [0.3, 0.4) is 0 Å². The molecule has 0 aliphatic rings. The van der Waals surface area contributed by atoms with Crippen molar-refractivity contribution in [3.05, 3.63) is 71.8 Å². The Bertz CT molecular complexity index is 1020. The molecule has 0 saturated heterocycles. The molecule has 0 radical (unpaired) electrons. The van der Waals surface area contributed by atoms with Crippen LogP contribution < -0.4 is 16.0 Å². The summed E-state index contributed by atoms with van der Waals surface area (Å²) in [7, 11) is 0. The Morgan fingerprint density at radius 1 is 0.929 bits per heavy atom. The number of rotatable bonds is 5. The number of aromatic nitrogens is 2. The lowest BCUT2D eigenvalue weighted by Crippen LogP contribution is -2.16. The fourth-order valence-corrected chi connectivity index (χ4v) is 2.46. The molecule has 3 N–H and O–H groups in total. The van der Waals surface area contributed by atoms with E-state index in [4.69, 9.17) is 0 Å². The summed E-state index contributed by atoms with van der Waals surface area (Å²) in [5.74, 6) is -1.00. The fourth-order valence-electron chi connectivity index (χ4n) is 2.46.